The van der Waals surface area contributed by atoms with Crippen LogP contribution in [0.3, 0.4) is 0 Å². The Balaban J connectivity index is 1.46. The van der Waals surface area contributed by atoms with Crippen molar-refractivity contribution < 1.29 is 22.6 Å². The van der Waals surface area contributed by atoms with Crippen molar-refractivity contribution in [3.8, 4) is 11.5 Å². The van der Waals surface area contributed by atoms with E-state index < -0.39 is 11.7 Å². The van der Waals surface area contributed by atoms with E-state index in [4.69, 9.17) is 15.2 Å². The van der Waals surface area contributed by atoms with E-state index in [1.807, 2.05) is 18.2 Å². The van der Waals surface area contributed by atoms with Crippen molar-refractivity contribution >= 4 is 23.0 Å². The minimum absolute atomic E-state index is 0.198. The zero-order chi connectivity index (χ0) is 20.4. The molecule has 150 valence electrons. The van der Waals surface area contributed by atoms with Gasteiger partial charge in [-0.25, -0.2) is 9.97 Å². The van der Waals surface area contributed by atoms with Gasteiger partial charge in [0, 0.05) is 12.2 Å². The summed E-state index contributed by atoms with van der Waals surface area (Å²) in [6.07, 6.45) is -3.08. The summed E-state index contributed by atoms with van der Waals surface area (Å²) in [5.74, 6) is 2.04. The molecule has 1 aliphatic rings. The highest BCUT2D eigenvalue weighted by Gasteiger charge is 2.30. The number of nitrogens with one attached hydrogen (secondary N) is 2. The van der Waals surface area contributed by atoms with Gasteiger partial charge in [-0.2, -0.15) is 13.2 Å². The van der Waals surface area contributed by atoms with Gasteiger partial charge in [-0.3, -0.25) is 0 Å². The number of alkyl halides is 3. The van der Waals surface area contributed by atoms with E-state index in [-0.39, 0.29) is 18.3 Å². The molecule has 0 saturated carbocycles. The maximum atomic E-state index is 12.7. The molecule has 7 nitrogen and oxygen atoms in total. The first kappa shape index (κ1) is 18.7. The number of rotatable bonds is 5. The molecule has 0 bridgehead atoms. The predicted octanol–water partition coefficient (Wildman–Crippen LogP) is 4.16. The minimum Gasteiger partial charge on any atom is -0.454 e. The molecule has 0 saturated heterocycles. The Morgan fingerprint density at radius 3 is 2.45 bits per heavy atom. The van der Waals surface area contributed by atoms with E-state index in [0.717, 1.165) is 17.7 Å². The van der Waals surface area contributed by atoms with Gasteiger partial charge in [0.2, 0.25) is 6.79 Å². The third-order valence-electron chi connectivity index (χ3n) is 4.26. The lowest BCUT2D eigenvalue weighted by atomic mass is 10.2. The largest absolute Gasteiger partial charge is 0.454 e. The average molecular weight is 403 g/mol. The summed E-state index contributed by atoms with van der Waals surface area (Å²) in [7, 11) is 0. The monoisotopic (exact) mass is 403 g/mol. The summed E-state index contributed by atoms with van der Waals surface area (Å²) in [6, 6.07) is 10.2. The van der Waals surface area contributed by atoms with Crippen LogP contribution in [0.5, 0.6) is 11.5 Å². The van der Waals surface area contributed by atoms with Gasteiger partial charge in [0.05, 0.1) is 5.56 Å². The molecule has 0 spiro atoms. The molecule has 4 N–H and O–H groups in total. The third kappa shape index (κ3) is 4.10. The molecular formula is C19H16F3N5O2. The minimum atomic E-state index is -4.39. The Morgan fingerprint density at radius 2 is 1.69 bits per heavy atom. The maximum Gasteiger partial charge on any atom is 0.416 e. The van der Waals surface area contributed by atoms with E-state index in [1.54, 1.807) is 0 Å². The highest BCUT2D eigenvalue weighted by Crippen LogP contribution is 2.33. The fourth-order valence-corrected chi connectivity index (χ4v) is 2.75. The fraction of sp³-hybridized carbons (Fsp3) is 0.158. The quantitative estimate of drug-likeness (QED) is 0.589. The highest BCUT2D eigenvalue weighted by atomic mass is 19.4. The summed E-state index contributed by atoms with van der Waals surface area (Å²) in [5.41, 5.74) is 6.98. The lowest BCUT2D eigenvalue weighted by molar-refractivity contribution is -0.137. The number of hydrogen-bond acceptors (Lipinski definition) is 7. The number of fused-ring (bicyclic) bond motifs is 1. The van der Waals surface area contributed by atoms with E-state index in [1.165, 1.54) is 18.5 Å². The van der Waals surface area contributed by atoms with Crippen LogP contribution in [0.15, 0.2) is 48.8 Å². The van der Waals surface area contributed by atoms with Gasteiger partial charge in [0.25, 0.3) is 0 Å². The second kappa shape index (κ2) is 7.38. The summed E-state index contributed by atoms with van der Waals surface area (Å²) in [5, 5.41) is 6.02. The number of nitrogen functional groups attached to an aromatic ring is 1. The highest BCUT2D eigenvalue weighted by molar-refractivity contribution is 5.77. The van der Waals surface area contributed by atoms with Crippen LogP contribution in [0.25, 0.3) is 0 Å². The zero-order valence-electron chi connectivity index (χ0n) is 15.0. The number of nitrogens with zero attached hydrogens (tertiary/aromatic N) is 2. The van der Waals surface area contributed by atoms with E-state index in [9.17, 15) is 13.2 Å². The van der Waals surface area contributed by atoms with Gasteiger partial charge in [0.15, 0.2) is 23.1 Å². The molecule has 0 amide bonds. The van der Waals surface area contributed by atoms with Gasteiger partial charge < -0.3 is 25.8 Å². The topological polar surface area (TPSA) is 94.3 Å². The fourth-order valence-electron chi connectivity index (χ4n) is 2.75. The molecule has 0 atom stereocenters. The van der Waals surface area contributed by atoms with Crippen LogP contribution < -0.4 is 25.8 Å². The number of aromatic nitrogens is 2. The van der Waals surface area contributed by atoms with Crippen LogP contribution in [0.2, 0.25) is 0 Å². The lowest BCUT2D eigenvalue weighted by Gasteiger charge is -2.13. The molecule has 0 unspecified atom stereocenters. The standard InChI is InChI=1S/C19H16F3N5O2/c20-19(21,22)12-2-4-13(5-3-12)27-18-16(23)17(25-9-26-18)24-8-11-1-6-14-15(7-11)29-10-28-14/h1-7,9H,8,10,23H2,(H2,24,25,26,27). The van der Waals surface area contributed by atoms with Crippen molar-refractivity contribution in [1.29, 1.82) is 0 Å². The van der Waals surface area contributed by atoms with E-state index in [2.05, 4.69) is 20.6 Å². The molecule has 29 heavy (non-hydrogen) atoms. The number of nitrogens with two attached hydrogens (primary N) is 1. The zero-order valence-corrected chi connectivity index (χ0v) is 15.0. The number of ether oxygens (including phenoxy) is 2. The number of hydrogen-bond donors (Lipinski definition) is 3. The number of halogens is 3. The van der Waals surface area contributed by atoms with Crippen molar-refractivity contribution in [2.45, 2.75) is 12.7 Å². The first-order chi connectivity index (χ1) is 13.9. The third-order valence-corrected chi connectivity index (χ3v) is 4.26. The molecule has 2 aromatic carbocycles. The maximum absolute atomic E-state index is 12.7. The molecule has 10 heteroatoms. The SMILES string of the molecule is Nc1c(NCc2ccc3c(c2)OCO3)ncnc1Nc1ccc(C(F)(F)F)cc1. The molecule has 2 heterocycles. The Hall–Kier alpha value is -3.69. The molecule has 1 aliphatic heterocycles. The smallest absolute Gasteiger partial charge is 0.416 e. The second-order valence-corrected chi connectivity index (χ2v) is 6.23. The molecule has 0 aliphatic carbocycles. The van der Waals surface area contributed by atoms with Crippen LogP contribution in [-0.2, 0) is 12.7 Å². The van der Waals surface area contributed by atoms with Gasteiger partial charge in [-0.1, -0.05) is 6.07 Å². The van der Waals surface area contributed by atoms with Crippen LogP contribution in [-0.4, -0.2) is 16.8 Å². The van der Waals surface area contributed by atoms with Crippen molar-refractivity contribution in [3.63, 3.8) is 0 Å². The lowest BCUT2D eigenvalue weighted by Crippen LogP contribution is -2.08. The normalized spacial score (nSPS) is 12.7. The number of benzene rings is 2. The van der Waals surface area contributed by atoms with Crippen LogP contribution >= 0.6 is 0 Å². The van der Waals surface area contributed by atoms with E-state index >= 15 is 0 Å². The molecule has 1 aromatic heterocycles. The van der Waals surface area contributed by atoms with Crippen molar-refractivity contribution in [3.05, 3.63) is 59.9 Å². The molecule has 4 rings (SSSR count). The van der Waals surface area contributed by atoms with Gasteiger partial charge in [0.1, 0.15) is 12.0 Å². The molecule has 0 fully saturated rings. The summed E-state index contributed by atoms with van der Waals surface area (Å²) in [4.78, 5) is 8.18. The molecular weight excluding hydrogens is 387 g/mol. The van der Waals surface area contributed by atoms with Gasteiger partial charge >= 0.3 is 6.18 Å². The van der Waals surface area contributed by atoms with Crippen LogP contribution in [0.4, 0.5) is 36.2 Å². The Kier molecular flexibility index (Phi) is 4.75. The Bertz CT molecular complexity index is 1030. The Labute approximate surface area is 163 Å². The first-order valence-corrected chi connectivity index (χ1v) is 8.57. The summed E-state index contributed by atoms with van der Waals surface area (Å²) in [6.45, 7) is 0.627. The van der Waals surface area contributed by atoms with Crippen LogP contribution in [0, 0.1) is 0 Å². The molecule has 3 aromatic rings. The average Bonchev–Trinajstić information content (AvgIpc) is 3.16. The van der Waals surface area contributed by atoms with Gasteiger partial charge in [-0.15, -0.1) is 0 Å². The van der Waals surface area contributed by atoms with Crippen molar-refractivity contribution in [1.82, 2.24) is 9.97 Å². The molecule has 0 radical (unpaired) electrons. The number of anilines is 4. The Morgan fingerprint density at radius 1 is 0.966 bits per heavy atom. The van der Waals surface area contributed by atoms with Crippen LogP contribution in [0.1, 0.15) is 11.1 Å². The van der Waals surface area contributed by atoms with Crippen molar-refractivity contribution in [2.24, 2.45) is 0 Å². The van der Waals surface area contributed by atoms with Crippen molar-refractivity contribution in [2.75, 3.05) is 23.2 Å². The predicted molar refractivity (Wildman–Crippen MR) is 101 cm³/mol. The van der Waals surface area contributed by atoms with Gasteiger partial charge in [-0.05, 0) is 42.0 Å². The summed E-state index contributed by atoms with van der Waals surface area (Å²) >= 11 is 0. The first-order valence-electron chi connectivity index (χ1n) is 8.57. The van der Waals surface area contributed by atoms with E-state index in [0.29, 0.717) is 29.5 Å². The summed E-state index contributed by atoms with van der Waals surface area (Å²) < 4.78 is 48.7. The second-order valence-electron chi connectivity index (χ2n) is 6.23.